The van der Waals surface area contributed by atoms with E-state index < -0.39 is 0 Å². The molecule has 0 spiro atoms. The Labute approximate surface area is 110 Å². The third-order valence-electron chi connectivity index (χ3n) is 3.30. The SMILES string of the molecule is Brc1ccc(-c2ccc(C3CCCN3)[nH]2)cc1. The second-order valence-corrected chi connectivity index (χ2v) is 5.40. The number of halogens is 1. The van der Waals surface area contributed by atoms with Crippen LogP contribution in [0.15, 0.2) is 40.9 Å². The lowest BCUT2D eigenvalue weighted by Crippen LogP contribution is -2.12. The van der Waals surface area contributed by atoms with E-state index in [1.54, 1.807) is 0 Å². The van der Waals surface area contributed by atoms with Crippen molar-refractivity contribution in [1.82, 2.24) is 10.3 Å². The predicted molar refractivity (Wildman–Crippen MR) is 73.9 cm³/mol. The van der Waals surface area contributed by atoms with Crippen molar-refractivity contribution < 1.29 is 0 Å². The number of aromatic amines is 1. The largest absolute Gasteiger partial charge is 0.357 e. The number of rotatable bonds is 2. The highest BCUT2D eigenvalue weighted by atomic mass is 79.9. The van der Waals surface area contributed by atoms with Crippen LogP contribution in [0.5, 0.6) is 0 Å². The second-order valence-electron chi connectivity index (χ2n) is 4.48. The molecule has 0 aliphatic carbocycles. The maximum absolute atomic E-state index is 3.51. The third kappa shape index (κ3) is 2.31. The van der Waals surface area contributed by atoms with Crippen molar-refractivity contribution in [3.05, 3.63) is 46.6 Å². The zero-order valence-electron chi connectivity index (χ0n) is 9.54. The quantitative estimate of drug-likeness (QED) is 0.863. The molecule has 1 aliphatic rings. The Hall–Kier alpha value is -1.06. The Morgan fingerprint density at radius 2 is 1.88 bits per heavy atom. The van der Waals surface area contributed by atoms with Crippen molar-refractivity contribution in [3.8, 4) is 11.3 Å². The molecule has 1 aromatic carbocycles. The number of benzene rings is 1. The summed E-state index contributed by atoms with van der Waals surface area (Å²) in [4.78, 5) is 3.51. The number of hydrogen-bond acceptors (Lipinski definition) is 1. The molecule has 2 nitrogen and oxygen atoms in total. The van der Waals surface area contributed by atoms with E-state index in [0.717, 1.165) is 11.0 Å². The topological polar surface area (TPSA) is 27.8 Å². The molecule has 1 unspecified atom stereocenters. The Morgan fingerprint density at radius 1 is 1.06 bits per heavy atom. The van der Waals surface area contributed by atoms with E-state index in [2.05, 4.69) is 62.6 Å². The molecule has 1 aliphatic heterocycles. The van der Waals surface area contributed by atoms with E-state index in [1.807, 2.05) is 0 Å². The molecule has 3 rings (SSSR count). The van der Waals surface area contributed by atoms with Gasteiger partial charge in [-0.2, -0.15) is 0 Å². The summed E-state index contributed by atoms with van der Waals surface area (Å²) in [5.41, 5.74) is 3.74. The molecule has 0 radical (unpaired) electrons. The van der Waals surface area contributed by atoms with Gasteiger partial charge in [0.25, 0.3) is 0 Å². The van der Waals surface area contributed by atoms with Gasteiger partial charge in [0.2, 0.25) is 0 Å². The summed E-state index contributed by atoms with van der Waals surface area (Å²) in [7, 11) is 0. The molecular weight excluding hydrogens is 276 g/mol. The molecule has 0 saturated carbocycles. The summed E-state index contributed by atoms with van der Waals surface area (Å²) in [5.74, 6) is 0. The van der Waals surface area contributed by atoms with Crippen molar-refractivity contribution in [2.75, 3.05) is 6.54 Å². The minimum Gasteiger partial charge on any atom is -0.357 e. The first kappa shape index (κ1) is 11.1. The smallest absolute Gasteiger partial charge is 0.0473 e. The first-order valence-corrected chi connectivity index (χ1v) is 6.80. The summed E-state index contributed by atoms with van der Waals surface area (Å²) in [5, 5.41) is 3.51. The predicted octanol–water partition coefficient (Wildman–Crippen LogP) is 3.87. The van der Waals surface area contributed by atoms with Crippen molar-refractivity contribution in [1.29, 1.82) is 0 Å². The van der Waals surface area contributed by atoms with Gasteiger partial charge in [0.1, 0.15) is 0 Å². The fourth-order valence-electron chi connectivity index (χ4n) is 2.36. The zero-order chi connectivity index (χ0) is 11.7. The third-order valence-corrected chi connectivity index (χ3v) is 3.83. The number of aromatic nitrogens is 1. The van der Waals surface area contributed by atoms with E-state index >= 15 is 0 Å². The average molecular weight is 291 g/mol. The molecule has 0 bridgehead atoms. The normalized spacial score (nSPS) is 19.7. The Morgan fingerprint density at radius 3 is 2.59 bits per heavy atom. The van der Waals surface area contributed by atoms with E-state index in [9.17, 15) is 0 Å². The first-order valence-electron chi connectivity index (χ1n) is 6.01. The highest BCUT2D eigenvalue weighted by Crippen LogP contribution is 2.26. The van der Waals surface area contributed by atoms with Crippen LogP contribution in [-0.4, -0.2) is 11.5 Å². The van der Waals surface area contributed by atoms with Gasteiger partial charge in [-0.15, -0.1) is 0 Å². The minimum absolute atomic E-state index is 0.513. The Bertz CT molecular complexity index is 495. The van der Waals surface area contributed by atoms with Gasteiger partial charge >= 0.3 is 0 Å². The van der Waals surface area contributed by atoms with E-state index in [0.29, 0.717) is 6.04 Å². The van der Waals surface area contributed by atoms with E-state index in [4.69, 9.17) is 0 Å². The van der Waals surface area contributed by atoms with Gasteiger partial charge in [0.15, 0.2) is 0 Å². The van der Waals surface area contributed by atoms with Gasteiger partial charge in [0.05, 0.1) is 0 Å². The minimum atomic E-state index is 0.513. The number of hydrogen-bond donors (Lipinski definition) is 2. The molecule has 0 amide bonds. The fraction of sp³-hybridized carbons (Fsp3) is 0.286. The maximum atomic E-state index is 3.51. The standard InChI is InChI=1S/C14H15BrN2/c15-11-5-3-10(4-6-11)12-7-8-14(17-12)13-2-1-9-16-13/h3-8,13,16-17H,1-2,9H2. The van der Waals surface area contributed by atoms with Crippen molar-refractivity contribution in [2.24, 2.45) is 0 Å². The molecule has 2 heterocycles. The molecule has 1 aromatic heterocycles. The van der Waals surface area contributed by atoms with Crippen LogP contribution in [0.2, 0.25) is 0 Å². The lowest BCUT2D eigenvalue weighted by molar-refractivity contribution is 0.632. The Balaban J connectivity index is 1.86. The molecule has 17 heavy (non-hydrogen) atoms. The maximum Gasteiger partial charge on any atom is 0.0473 e. The fourth-order valence-corrected chi connectivity index (χ4v) is 2.63. The zero-order valence-corrected chi connectivity index (χ0v) is 11.1. The van der Waals surface area contributed by atoms with Crippen molar-refractivity contribution >= 4 is 15.9 Å². The van der Waals surface area contributed by atoms with Crippen LogP contribution in [0.1, 0.15) is 24.6 Å². The van der Waals surface area contributed by atoms with Gasteiger partial charge in [-0.05, 0) is 49.2 Å². The van der Waals surface area contributed by atoms with Crippen LogP contribution in [-0.2, 0) is 0 Å². The van der Waals surface area contributed by atoms with Gasteiger partial charge < -0.3 is 10.3 Å². The van der Waals surface area contributed by atoms with E-state index in [-0.39, 0.29) is 0 Å². The van der Waals surface area contributed by atoms with Gasteiger partial charge in [-0.3, -0.25) is 0 Å². The first-order chi connectivity index (χ1) is 8.33. The van der Waals surface area contributed by atoms with E-state index in [1.165, 1.54) is 29.8 Å². The molecule has 1 atom stereocenters. The Kier molecular flexibility index (Phi) is 3.04. The lowest BCUT2D eigenvalue weighted by Gasteiger charge is -2.07. The molecule has 2 aromatic rings. The number of H-pyrrole nitrogens is 1. The van der Waals surface area contributed by atoms with Gasteiger partial charge in [-0.25, -0.2) is 0 Å². The van der Waals surface area contributed by atoms with Crippen molar-refractivity contribution in [3.63, 3.8) is 0 Å². The van der Waals surface area contributed by atoms with Crippen LogP contribution in [0.25, 0.3) is 11.3 Å². The summed E-state index contributed by atoms with van der Waals surface area (Å²) < 4.78 is 1.12. The van der Waals surface area contributed by atoms with Crippen LogP contribution in [0.4, 0.5) is 0 Å². The molecule has 1 saturated heterocycles. The molecule has 1 fully saturated rings. The van der Waals surface area contributed by atoms with Crippen molar-refractivity contribution in [2.45, 2.75) is 18.9 Å². The molecule has 3 heteroatoms. The molecule has 88 valence electrons. The van der Waals surface area contributed by atoms with Crippen LogP contribution in [0, 0.1) is 0 Å². The number of nitrogens with one attached hydrogen (secondary N) is 2. The van der Waals surface area contributed by atoms with Crippen LogP contribution in [0.3, 0.4) is 0 Å². The molecular formula is C14H15BrN2. The summed E-state index contributed by atoms with van der Waals surface area (Å²) in [6, 6.07) is 13.3. The monoisotopic (exact) mass is 290 g/mol. The average Bonchev–Trinajstić information content (AvgIpc) is 3.00. The summed E-state index contributed by atoms with van der Waals surface area (Å²) in [6.45, 7) is 1.14. The lowest BCUT2D eigenvalue weighted by atomic mass is 10.2. The van der Waals surface area contributed by atoms with Crippen LogP contribution < -0.4 is 5.32 Å². The van der Waals surface area contributed by atoms with Gasteiger partial charge in [-0.1, -0.05) is 28.1 Å². The van der Waals surface area contributed by atoms with Gasteiger partial charge in [0, 0.05) is 21.9 Å². The second kappa shape index (κ2) is 4.67. The highest BCUT2D eigenvalue weighted by molar-refractivity contribution is 9.10. The van der Waals surface area contributed by atoms with Crippen LogP contribution >= 0.6 is 15.9 Å². The summed E-state index contributed by atoms with van der Waals surface area (Å²) >= 11 is 3.46. The summed E-state index contributed by atoms with van der Waals surface area (Å²) in [6.07, 6.45) is 2.51. The highest BCUT2D eigenvalue weighted by Gasteiger charge is 2.17. The molecule has 2 N–H and O–H groups in total.